The Morgan fingerprint density at radius 3 is 1.79 bits per heavy atom. The highest BCUT2D eigenvalue weighted by Gasteiger charge is 2.30. The number of unbranched alkanes of at least 4 members (excludes halogenated alkanes) is 1. The van der Waals surface area contributed by atoms with E-state index < -0.39 is 41.6 Å². The van der Waals surface area contributed by atoms with E-state index in [4.69, 9.17) is 9.47 Å². The van der Waals surface area contributed by atoms with Crippen molar-refractivity contribution in [2.75, 3.05) is 7.11 Å². The van der Waals surface area contributed by atoms with Gasteiger partial charge in [0, 0.05) is 12.8 Å². The van der Waals surface area contributed by atoms with Crippen LogP contribution < -0.4 is 16.0 Å². The summed E-state index contributed by atoms with van der Waals surface area (Å²) >= 11 is 0. The van der Waals surface area contributed by atoms with Gasteiger partial charge in [0.1, 0.15) is 23.4 Å². The van der Waals surface area contributed by atoms with Crippen LogP contribution in [0.15, 0.2) is 72.4 Å². The largest absolute Gasteiger partial charge is 0.464 e. The Morgan fingerprint density at radius 1 is 0.821 bits per heavy atom. The van der Waals surface area contributed by atoms with Gasteiger partial charge in [0.05, 0.1) is 7.11 Å². The molecule has 0 radical (unpaired) electrons. The van der Waals surface area contributed by atoms with Gasteiger partial charge in [0.2, 0.25) is 11.8 Å². The molecule has 3 N–H and O–H groups in total. The Balaban J connectivity index is 2.32. The summed E-state index contributed by atoms with van der Waals surface area (Å²) in [6.07, 6.45) is 2.49. The molecule has 210 valence electrons. The van der Waals surface area contributed by atoms with E-state index in [1.165, 1.54) is 7.11 Å². The molecule has 0 heterocycles. The van der Waals surface area contributed by atoms with Crippen LogP contribution >= 0.6 is 0 Å². The highest BCUT2D eigenvalue weighted by Crippen LogP contribution is 2.11. The molecular weight excluding hydrogens is 498 g/mol. The molecule has 9 heteroatoms. The number of allylic oxidation sites excluding steroid dienone is 1. The number of rotatable bonds is 12. The Hall–Kier alpha value is -4.14. The summed E-state index contributed by atoms with van der Waals surface area (Å²) in [6, 6.07) is 16.3. The zero-order chi connectivity index (χ0) is 28.8. The minimum atomic E-state index is -1.05. The van der Waals surface area contributed by atoms with Crippen molar-refractivity contribution in [3.05, 3.63) is 83.6 Å². The zero-order valence-electron chi connectivity index (χ0n) is 23.3. The van der Waals surface area contributed by atoms with Gasteiger partial charge in [-0.1, -0.05) is 80.1 Å². The van der Waals surface area contributed by atoms with Crippen molar-refractivity contribution in [1.82, 2.24) is 16.0 Å². The second-order valence-corrected chi connectivity index (χ2v) is 10.0. The predicted octanol–water partition coefficient (Wildman–Crippen LogP) is 3.82. The van der Waals surface area contributed by atoms with Gasteiger partial charge in [-0.25, -0.2) is 9.59 Å². The van der Waals surface area contributed by atoms with E-state index in [-0.39, 0.29) is 18.5 Å². The average molecular weight is 538 g/mol. The van der Waals surface area contributed by atoms with E-state index in [0.29, 0.717) is 6.42 Å². The third kappa shape index (κ3) is 11.4. The lowest BCUT2D eigenvalue weighted by Gasteiger charge is -2.25. The summed E-state index contributed by atoms with van der Waals surface area (Å²) in [6.45, 7) is 7.12. The molecule has 0 aliphatic carbocycles. The van der Waals surface area contributed by atoms with Crippen molar-refractivity contribution in [2.24, 2.45) is 0 Å². The van der Waals surface area contributed by atoms with Crippen LogP contribution in [0, 0.1) is 0 Å². The number of alkyl carbamates (subject to hydrolysis) is 1. The summed E-state index contributed by atoms with van der Waals surface area (Å²) in [5, 5.41) is 8.02. The Morgan fingerprint density at radius 2 is 1.33 bits per heavy atom. The molecular formula is C30H39N3O6. The smallest absolute Gasteiger partial charge is 0.408 e. The molecule has 2 aromatic carbocycles. The van der Waals surface area contributed by atoms with Crippen LogP contribution in [0.5, 0.6) is 0 Å². The normalized spacial score (nSPS) is 13.0. The second-order valence-electron chi connectivity index (χ2n) is 10.0. The van der Waals surface area contributed by atoms with Crippen LogP contribution in [0.1, 0.15) is 51.7 Å². The third-order valence-corrected chi connectivity index (χ3v) is 5.51. The summed E-state index contributed by atoms with van der Waals surface area (Å²) in [5.41, 5.74) is 0.857. The van der Waals surface area contributed by atoms with Crippen molar-refractivity contribution < 1.29 is 28.7 Å². The molecule has 2 aromatic rings. The fourth-order valence-electron chi connectivity index (χ4n) is 3.64. The molecule has 0 aromatic heterocycles. The van der Waals surface area contributed by atoms with Crippen molar-refractivity contribution in [3.8, 4) is 0 Å². The first kappa shape index (κ1) is 31.1. The van der Waals surface area contributed by atoms with Crippen molar-refractivity contribution >= 4 is 23.9 Å². The van der Waals surface area contributed by atoms with Crippen LogP contribution in [0.2, 0.25) is 0 Å². The molecule has 0 saturated carbocycles. The number of nitrogens with one attached hydrogen (secondary N) is 3. The summed E-state index contributed by atoms with van der Waals surface area (Å²) in [4.78, 5) is 51.7. The van der Waals surface area contributed by atoms with E-state index in [1.807, 2.05) is 67.6 Å². The number of methoxy groups -OCH3 is 1. The number of carbonyl (C=O) groups is 4. The summed E-state index contributed by atoms with van der Waals surface area (Å²) in [5.74, 6) is -1.84. The molecule has 0 saturated heterocycles. The molecule has 0 unspecified atom stereocenters. The lowest BCUT2D eigenvalue weighted by atomic mass is 10.0. The third-order valence-electron chi connectivity index (χ3n) is 5.51. The number of esters is 1. The Bertz CT molecular complexity index is 1130. The van der Waals surface area contributed by atoms with Gasteiger partial charge >= 0.3 is 12.1 Å². The second kappa shape index (κ2) is 15.3. The first-order chi connectivity index (χ1) is 18.5. The van der Waals surface area contributed by atoms with E-state index >= 15 is 0 Å². The molecule has 0 spiro atoms. The highest BCUT2D eigenvalue weighted by molar-refractivity contribution is 5.97. The lowest BCUT2D eigenvalue weighted by molar-refractivity contribution is -0.138. The zero-order valence-corrected chi connectivity index (χ0v) is 23.3. The van der Waals surface area contributed by atoms with E-state index in [9.17, 15) is 19.2 Å². The van der Waals surface area contributed by atoms with Crippen molar-refractivity contribution in [1.29, 1.82) is 0 Å². The van der Waals surface area contributed by atoms with Crippen LogP contribution in [-0.2, 0) is 36.7 Å². The maximum Gasteiger partial charge on any atom is 0.408 e. The monoisotopic (exact) mass is 537 g/mol. The number of carbonyl (C=O) groups excluding carboxylic acids is 4. The molecule has 0 fully saturated rings. The maximum atomic E-state index is 13.5. The Labute approximate surface area is 230 Å². The van der Waals surface area contributed by atoms with E-state index in [2.05, 4.69) is 16.0 Å². The lowest BCUT2D eigenvalue weighted by Crippen LogP contribution is -2.55. The number of ether oxygens (including phenoxy) is 2. The van der Waals surface area contributed by atoms with Crippen LogP contribution in [-0.4, -0.2) is 48.7 Å². The quantitative estimate of drug-likeness (QED) is 0.279. The van der Waals surface area contributed by atoms with Crippen LogP contribution in [0.4, 0.5) is 4.79 Å². The van der Waals surface area contributed by atoms with Crippen molar-refractivity contribution in [3.63, 3.8) is 0 Å². The highest BCUT2D eigenvalue weighted by atomic mass is 16.6. The van der Waals surface area contributed by atoms with Gasteiger partial charge < -0.3 is 25.4 Å². The van der Waals surface area contributed by atoms with Gasteiger partial charge in [-0.05, 0) is 38.3 Å². The molecule has 9 nitrogen and oxygen atoms in total. The fraction of sp³-hybridized carbons (Fsp3) is 0.400. The van der Waals surface area contributed by atoms with E-state index in [0.717, 1.165) is 17.5 Å². The molecule has 2 rings (SSSR count). The fourth-order valence-corrected chi connectivity index (χ4v) is 3.64. The summed E-state index contributed by atoms with van der Waals surface area (Å²) < 4.78 is 10.2. The van der Waals surface area contributed by atoms with Gasteiger partial charge in [-0.3, -0.25) is 9.59 Å². The van der Waals surface area contributed by atoms with Crippen LogP contribution in [0.25, 0.3) is 0 Å². The molecule has 2 atom stereocenters. The van der Waals surface area contributed by atoms with Gasteiger partial charge in [-0.2, -0.15) is 0 Å². The van der Waals surface area contributed by atoms with Gasteiger partial charge in [0.25, 0.3) is 0 Å². The topological polar surface area (TPSA) is 123 Å². The summed E-state index contributed by atoms with van der Waals surface area (Å²) in [7, 11) is 1.23. The van der Waals surface area contributed by atoms with E-state index in [1.54, 1.807) is 26.8 Å². The SMILES string of the molecule is CCC/C=C(/NC(=O)[C@@H](Cc1ccccc1)NC(=O)[C@@H](Cc1ccccc1)NC(=O)OC(C)(C)C)C(=O)OC. The number of hydrogen-bond acceptors (Lipinski definition) is 6. The Kier molecular flexibility index (Phi) is 12.2. The van der Waals surface area contributed by atoms with Gasteiger partial charge in [-0.15, -0.1) is 0 Å². The number of amides is 3. The van der Waals surface area contributed by atoms with Crippen LogP contribution in [0.3, 0.4) is 0 Å². The number of hydrogen-bond donors (Lipinski definition) is 3. The molecule has 39 heavy (non-hydrogen) atoms. The van der Waals surface area contributed by atoms with Crippen molar-refractivity contribution in [2.45, 2.75) is 71.1 Å². The molecule has 0 aliphatic heterocycles. The molecule has 0 aliphatic rings. The maximum absolute atomic E-state index is 13.5. The predicted molar refractivity (Wildman–Crippen MR) is 149 cm³/mol. The first-order valence-corrected chi connectivity index (χ1v) is 13.0. The standard InChI is InChI=1S/C30H39N3O6/c1-6-7-18-23(28(36)38-5)31-26(34)24(19-21-14-10-8-11-15-21)32-27(35)25(20-22-16-12-9-13-17-22)33-29(37)39-30(2,3)4/h8-18,24-25H,6-7,19-20H2,1-5H3,(H,31,34)(H,32,35)(H,33,37)/b23-18+/t24-,25-/m1/s1. The molecule has 0 bridgehead atoms. The molecule has 3 amide bonds. The minimum Gasteiger partial charge on any atom is -0.464 e. The first-order valence-electron chi connectivity index (χ1n) is 13.0. The minimum absolute atomic E-state index is 0.00405. The van der Waals surface area contributed by atoms with Gasteiger partial charge in [0.15, 0.2) is 0 Å². The number of benzene rings is 2. The average Bonchev–Trinajstić information content (AvgIpc) is 2.89.